The second kappa shape index (κ2) is 5.37. The number of anilines is 1. The number of rotatable bonds is 6. The molecule has 1 heterocycles. The fraction of sp³-hybridized carbons (Fsp3) is 0.625. The number of aromatic nitrogens is 1. The Bertz CT molecular complexity index is 402. The van der Waals surface area contributed by atoms with E-state index in [1.165, 1.54) is 6.07 Å². The van der Waals surface area contributed by atoms with E-state index >= 15 is 0 Å². The van der Waals surface area contributed by atoms with Gasteiger partial charge in [-0.25, -0.2) is 8.42 Å². The molecular weight excluding hydrogens is 240 g/mol. The lowest BCUT2D eigenvalue weighted by atomic mass is 10.4. The molecule has 0 radical (unpaired) electrons. The fourth-order valence-electron chi connectivity index (χ4n) is 1.00. The summed E-state index contributed by atoms with van der Waals surface area (Å²) in [6, 6.07) is 1.53. The molecule has 0 atom stereocenters. The number of hydrogen-bond donors (Lipinski definition) is 1. The van der Waals surface area contributed by atoms with Crippen molar-refractivity contribution in [2.24, 2.45) is 0 Å². The van der Waals surface area contributed by atoms with Gasteiger partial charge < -0.3 is 4.52 Å². The minimum absolute atomic E-state index is 0.0411. The molecule has 15 heavy (non-hydrogen) atoms. The average molecular weight is 253 g/mol. The highest BCUT2D eigenvalue weighted by atomic mass is 35.5. The molecule has 0 aromatic carbocycles. The summed E-state index contributed by atoms with van der Waals surface area (Å²) in [6.07, 6.45) is 1.21. The Morgan fingerprint density at radius 3 is 2.80 bits per heavy atom. The van der Waals surface area contributed by atoms with Crippen molar-refractivity contribution >= 4 is 27.5 Å². The van der Waals surface area contributed by atoms with Crippen LogP contribution in [0.4, 0.5) is 5.88 Å². The van der Waals surface area contributed by atoms with Crippen molar-refractivity contribution in [1.82, 2.24) is 5.16 Å². The van der Waals surface area contributed by atoms with Gasteiger partial charge in [-0.3, -0.25) is 4.72 Å². The molecule has 0 bridgehead atoms. The van der Waals surface area contributed by atoms with Crippen LogP contribution in [-0.2, 0) is 10.0 Å². The summed E-state index contributed by atoms with van der Waals surface area (Å²) in [6.45, 7) is 1.72. The largest absolute Gasteiger partial charge is 0.338 e. The van der Waals surface area contributed by atoms with Crippen molar-refractivity contribution in [1.29, 1.82) is 0 Å². The van der Waals surface area contributed by atoms with Crippen LogP contribution in [0.3, 0.4) is 0 Å². The van der Waals surface area contributed by atoms with Crippen LogP contribution in [0.2, 0.25) is 0 Å². The van der Waals surface area contributed by atoms with Crippen molar-refractivity contribution in [2.45, 2.75) is 19.8 Å². The first-order valence-corrected chi connectivity index (χ1v) is 6.72. The van der Waals surface area contributed by atoms with Gasteiger partial charge in [-0.05, 0) is 19.8 Å². The van der Waals surface area contributed by atoms with E-state index in [1.807, 2.05) is 0 Å². The van der Waals surface area contributed by atoms with Gasteiger partial charge in [-0.1, -0.05) is 5.16 Å². The summed E-state index contributed by atoms with van der Waals surface area (Å²) in [4.78, 5) is 0. The summed E-state index contributed by atoms with van der Waals surface area (Å²) in [5, 5.41) is 3.57. The molecule has 0 spiro atoms. The quantitative estimate of drug-likeness (QED) is 0.618. The maximum atomic E-state index is 11.4. The number of sulfonamides is 1. The third-order valence-electron chi connectivity index (χ3n) is 1.68. The summed E-state index contributed by atoms with van der Waals surface area (Å²) < 4.78 is 29.9. The maximum Gasteiger partial charge on any atom is 0.238 e. The Morgan fingerprint density at radius 1 is 1.53 bits per heavy atom. The Labute approximate surface area is 93.8 Å². The number of nitrogens with one attached hydrogen (secondary N) is 1. The molecule has 0 amide bonds. The van der Waals surface area contributed by atoms with Crippen LogP contribution in [0, 0.1) is 6.92 Å². The SMILES string of the molecule is Cc1cc(NS(=O)(=O)CCCCCl)on1. The Kier molecular flexibility index (Phi) is 4.41. The molecule has 7 heteroatoms. The van der Waals surface area contributed by atoms with E-state index < -0.39 is 10.0 Å². The predicted octanol–water partition coefficient (Wildman–Crippen LogP) is 1.74. The van der Waals surface area contributed by atoms with Crippen molar-refractivity contribution in [3.63, 3.8) is 0 Å². The minimum atomic E-state index is -3.34. The van der Waals surface area contributed by atoms with Gasteiger partial charge in [-0.2, -0.15) is 0 Å². The molecule has 0 fully saturated rings. The van der Waals surface area contributed by atoms with Crippen molar-refractivity contribution < 1.29 is 12.9 Å². The first-order valence-electron chi connectivity index (χ1n) is 4.53. The summed E-state index contributed by atoms with van der Waals surface area (Å²) in [5.74, 6) is 0.662. The van der Waals surface area contributed by atoms with Gasteiger partial charge in [0.2, 0.25) is 15.9 Å². The van der Waals surface area contributed by atoms with Crippen LogP contribution in [0.25, 0.3) is 0 Å². The zero-order valence-corrected chi connectivity index (χ0v) is 9.94. The summed E-state index contributed by atoms with van der Waals surface area (Å²) >= 11 is 5.45. The molecule has 0 aliphatic carbocycles. The molecule has 0 saturated heterocycles. The molecule has 1 aromatic heterocycles. The zero-order valence-electron chi connectivity index (χ0n) is 8.36. The molecule has 0 unspecified atom stereocenters. The van der Waals surface area contributed by atoms with Crippen LogP contribution < -0.4 is 4.72 Å². The van der Waals surface area contributed by atoms with E-state index in [0.29, 0.717) is 24.4 Å². The van der Waals surface area contributed by atoms with Crippen LogP contribution in [0.15, 0.2) is 10.6 Å². The van der Waals surface area contributed by atoms with Crippen LogP contribution >= 0.6 is 11.6 Å². The highest BCUT2D eigenvalue weighted by Gasteiger charge is 2.12. The molecule has 86 valence electrons. The van der Waals surface area contributed by atoms with Crippen molar-refractivity contribution in [2.75, 3.05) is 16.4 Å². The lowest BCUT2D eigenvalue weighted by molar-refractivity contribution is 0.430. The fourth-order valence-corrected chi connectivity index (χ4v) is 2.28. The summed E-state index contributed by atoms with van der Waals surface area (Å²) in [7, 11) is -3.34. The van der Waals surface area contributed by atoms with Gasteiger partial charge >= 0.3 is 0 Å². The highest BCUT2D eigenvalue weighted by molar-refractivity contribution is 7.92. The van der Waals surface area contributed by atoms with Crippen molar-refractivity contribution in [3.05, 3.63) is 11.8 Å². The Morgan fingerprint density at radius 2 is 2.27 bits per heavy atom. The molecule has 1 aromatic rings. The van der Waals surface area contributed by atoms with Crippen LogP contribution in [0.5, 0.6) is 0 Å². The second-order valence-corrected chi connectivity index (χ2v) is 5.37. The number of alkyl halides is 1. The highest BCUT2D eigenvalue weighted by Crippen LogP contribution is 2.11. The van der Waals surface area contributed by atoms with Gasteiger partial charge in [-0.15, -0.1) is 11.6 Å². The first kappa shape index (κ1) is 12.3. The number of unbranched alkanes of at least 4 members (excludes halogenated alkanes) is 1. The molecule has 0 aliphatic rings. The van der Waals surface area contributed by atoms with Crippen LogP contribution in [0.1, 0.15) is 18.5 Å². The molecule has 5 nitrogen and oxygen atoms in total. The molecule has 1 N–H and O–H groups in total. The number of nitrogens with zero attached hydrogens (tertiary/aromatic N) is 1. The Hall–Kier alpha value is -0.750. The van der Waals surface area contributed by atoms with E-state index in [-0.39, 0.29) is 11.6 Å². The molecular formula is C8H13ClN2O3S. The van der Waals surface area contributed by atoms with E-state index in [2.05, 4.69) is 9.88 Å². The molecule has 1 rings (SSSR count). The minimum Gasteiger partial charge on any atom is -0.338 e. The van der Waals surface area contributed by atoms with Gasteiger partial charge in [0.25, 0.3) is 0 Å². The normalized spacial score (nSPS) is 11.6. The van der Waals surface area contributed by atoms with Crippen LogP contribution in [-0.4, -0.2) is 25.2 Å². The van der Waals surface area contributed by atoms with E-state index in [9.17, 15) is 8.42 Å². The monoisotopic (exact) mass is 252 g/mol. The zero-order chi connectivity index (χ0) is 11.3. The smallest absolute Gasteiger partial charge is 0.238 e. The van der Waals surface area contributed by atoms with E-state index in [0.717, 1.165) is 0 Å². The third-order valence-corrected chi connectivity index (χ3v) is 3.29. The van der Waals surface area contributed by atoms with Gasteiger partial charge in [0.05, 0.1) is 11.4 Å². The standard InChI is InChI=1S/C8H13ClN2O3S/c1-7-6-8(14-10-7)11-15(12,13)5-3-2-4-9/h6,11H,2-5H2,1H3. The number of hydrogen-bond acceptors (Lipinski definition) is 4. The lowest BCUT2D eigenvalue weighted by Gasteiger charge is -2.02. The van der Waals surface area contributed by atoms with Gasteiger partial charge in [0, 0.05) is 11.9 Å². The predicted molar refractivity (Wildman–Crippen MR) is 58.6 cm³/mol. The Balaban J connectivity index is 2.49. The topological polar surface area (TPSA) is 72.2 Å². The van der Waals surface area contributed by atoms with E-state index in [4.69, 9.17) is 16.1 Å². The van der Waals surface area contributed by atoms with Gasteiger partial charge in [0.15, 0.2) is 0 Å². The second-order valence-electron chi connectivity index (χ2n) is 3.15. The third kappa shape index (κ3) is 4.53. The molecule has 0 aliphatic heterocycles. The van der Waals surface area contributed by atoms with Crippen molar-refractivity contribution in [3.8, 4) is 0 Å². The molecule has 0 saturated carbocycles. The first-order chi connectivity index (χ1) is 7.03. The summed E-state index contributed by atoms with van der Waals surface area (Å²) in [5.41, 5.74) is 0.633. The maximum absolute atomic E-state index is 11.4. The van der Waals surface area contributed by atoms with E-state index in [1.54, 1.807) is 6.92 Å². The number of halogens is 1. The number of aryl methyl sites for hydroxylation is 1. The van der Waals surface area contributed by atoms with Gasteiger partial charge in [0.1, 0.15) is 0 Å². The average Bonchev–Trinajstić information content (AvgIpc) is 2.50. The lowest BCUT2D eigenvalue weighted by Crippen LogP contribution is -2.16.